The van der Waals surface area contributed by atoms with E-state index in [-0.39, 0.29) is 11.7 Å². The van der Waals surface area contributed by atoms with E-state index in [0.717, 1.165) is 22.9 Å². The summed E-state index contributed by atoms with van der Waals surface area (Å²) in [6, 6.07) is 16.7. The number of carbonyl (C=O) groups is 2. The van der Waals surface area contributed by atoms with Crippen molar-refractivity contribution >= 4 is 35.4 Å². The number of carboxylic acids is 1. The lowest BCUT2D eigenvalue weighted by atomic mass is 10.2. The van der Waals surface area contributed by atoms with Crippen LogP contribution in [-0.4, -0.2) is 32.4 Å². The third-order valence-corrected chi connectivity index (χ3v) is 4.79. The van der Waals surface area contributed by atoms with Crippen LogP contribution in [0.5, 0.6) is 0 Å². The van der Waals surface area contributed by atoms with Crippen LogP contribution in [0.4, 0.5) is 5.69 Å². The molecule has 0 spiro atoms. The van der Waals surface area contributed by atoms with Crippen LogP contribution >= 0.6 is 11.8 Å². The average molecular weight is 393 g/mol. The molecule has 2 aromatic carbocycles. The van der Waals surface area contributed by atoms with Crippen LogP contribution in [0, 0.1) is 0 Å². The van der Waals surface area contributed by atoms with Gasteiger partial charge in [-0.3, -0.25) is 4.79 Å². The quantitative estimate of drug-likeness (QED) is 0.487. The monoisotopic (exact) mass is 393 g/mol. The Morgan fingerprint density at radius 3 is 2.50 bits per heavy atom. The van der Waals surface area contributed by atoms with E-state index in [4.69, 9.17) is 0 Å². The van der Waals surface area contributed by atoms with Crippen molar-refractivity contribution < 1.29 is 14.7 Å². The molecule has 0 aliphatic rings. The highest BCUT2D eigenvalue weighted by Gasteiger charge is 2.11. The Hall–Kier alpha value is -3.39. The SMILES string of the molecule is Cn1c(SCC(=O)[O-])nnc1-c1ccc(NC(=O)/C=C/c2ccccc2)cc1. The Balaban J connectivity index is 1.64. The van der Waals surface area contributed by atoms with Crippen LogP contribution in [-0.2, 0) is 16.6 Å². The average Bonchev–Trinajstić information content (AvgIpc) is 3.06. The van der Waals surface area contributed by atoms with Crippen LogP contribution in [0.3, 0.4) is 0 Å². The predicted molar refractivity (Wildman–Crippen MR) is 106 cm³/mol. The summed E-state index contributed by atoms with van der Waals surface area (Å²) in [6.45, 7) is 0. The lowest BCUT2D eigenvalue weighted by Gasteiger charge is -2.06. The van der Waals surface area contributed by atoms with Crippen molar-refractivity contribution in [3.8, 4) is 11.4 Å². The maximum atomic E-state index is 12.0. The van der Waals surface area contributed by atoms with Crippen molar-refractivity contribution in [2.45, 2.75) is 5.16 Å². The third-order valence-electron chi connectivity index (χ3n) is 3.79. The first kappa shape index (κ1) is 19.4. The van der Waals surface area contributed by atoms with Crippen molar-refractivity contribution in [3.05, 3.63) is 66.2 Å². The molecule has 1 N–H and O–H groups in total. The fraction of sp³-hybridized carbons (Fsp3) is 0.100. The summed E-state index contributed by atoms with van der Waals surface area (Å²) in [7, 11) is 1.76. The molecule has 1 aromatic heterocycles. The summed E-state index contributed by atoms with van der Waals surface area (Å²) in [4.78, 5) is 22.6. The number of aliphatic carboxylic acids is 1. The van der Waals surface area contributed by atoms with Crippen molar-refractivity contribution in [1.82, 2.24) is 14.8 Å². The van der Waals surface area contributed by atoms with Gasteiger partial charge in [-0.05, 0) is 35.9 Å². The first-order valence-electron chi connectivity index (χ1n) is 8.39. The molecule has 0 aliphatic heterocycles. The van der Waals surface area contributed by atoms with Gasteiger partial charge in [0.1, 0.15) is 0 Å². The molecule has 3 rings (SSSR count). The van der Waals surface area contributed by atoms with Crippen LogP contribution in [0.2, 0.25) is 0 Å². The normalized spacial score (nSPS) is 10.9. The van der Waals surface area contributed by atoms with Gasteiger partial charge in [-0.2, -0.15) is 0 Å². The third kappa shape index (κ3) is 5.08. The van der Waals surface area contributed by atoms with E-state index in [1.807, 2.05) is 42.5 Å². The molecule has 7 nitrogen and oxygen atoms in total. The Morgan fingerprint density at radius 2 is 1.82 bits per heavy atom. The minimum absolute atomic E-state index is 0.187. The highest BCUT2D eigenvalue weighted by molar-refractivity contribution is 7.99. The number of benzene rings is 2. The van der Waals surface area contributed by atoms with Crippen LogP contribution in [0.1, 0.15) is 5.56 Å². The molecule has 8 heteroatoms. The Kier molecular flexibility index (Phi) is 6.23. The number of anilines is 1. The number of amides is 1. The minimum atomic E-state index is -1.16. The van der Waals surface area contributed by atoms with Gasteiger partial charge < -0.3 is 19.8 Å². The maximum absolute atomic E-state index is 12.0. The fourth-order valence-corrected chi connectivity index (χ4v) is 3.06. The molecule has 0 saturated heterocycles. The van der Waals surface area contributed by atoms with Gasteiger partial charge in [0.15, 0.2) is 11.0 Å². The van der Waals surface area contributed by atoms with Crippen LogP contribution < -0.4 is 10.4 Å². The molecule has 0 radical (unpaired) electrons. The number of nitrogens with zero attached hydrogens (tertiary/aromatic N) is 3. The summed E-state index contributed by atoms with van der Waals surface area (Å²) in [5.41, 5.74) is 2.40. The van der Waals surface area contributed by atoms with Gasteiger partial charge in [-0.1, -0.05) is 42.1 Å². The summed E-state index contributed by atoms with van der Waals surface area (Å²) < 4.78 is 1.71. The van der Waals surface area contributed by atoms with E-state index < -0.39 is 5.97 Å². The van der Waals surface area contributed by atoms with Gasteiger partial charge in [0.05, 0.1) is 5.97 Å². The highest BCUT2D eigenvalue weighted by Crippen LogP contribution is 2.23. The summed E-state index contributed by atoms with van der Waals surface area (Å²) in [6.07, 6.45) is 3.22. The summed E-state index contributed by atoms with van der Waals surface area (Å²) in [5, 5.41) is 22.0. The Morgan fingerprint density at radius 1 is 1.11 bits per heavy atom. The van der Waals surface area contributed by atoms with Crippen molar-refractivity contribution in [2.75, 3.05) is 11.1 Å². The summed E-state index contributed by atoms with van der Waals surface area (Å²) in [5.74, 6) is -0.970. The summed E-state index contributed by atoms with van der Waals surface area (Å²) >= 11 is 1.05. The molecular weight excluding hydrogens is 376 g/mol. The zero-order valence-corrected chi connectivity index (χ0v) is 15.8. The Labute approximate surface area is 166 Å². The van der Waals surface area contributed by atoms with E-state index >= 15 is 0 Å². The van der Waals surface area contributed by atoms with E-state index in [0.29, 0.717) is 16.7 Å². The second-order valence-corrected chi connectivity index (χ2v) is 6.78. The zero-order valence-electron chi connectivity index (χ0n) is 15.0. The van der Waals surface area contributed by atoms with Crippen molar-refractivity contribution in [3.63, 3.8) is 0 Å². The van der Waals surface area contributed by atoms with E-state index in [2.05, 4.69) is 15.5 Å². The topological polar surface area (TPSA) is 99.9 Å². The predicted octanol–water partition coefficient (Wildman–Crippen LogP) is 1.98. The molecule has 1 amide bonds. The molecular formula is C20H17N4O3S-. The number of rotatable bonds is 7. The van der Waals surface area contributed by atoms with Gasteiger partial charge in [-0.25, -0.2) is 0 Å². The standard InChI is InChI=1S/C20H18N4O3S/c1-24-19(22-23-20(24)28-13-18(26)27)15-8-10-16(11-9-15)21-17(25)12-7-14-5-3-2-4-6-14/h2-12H,13H2,1H3,(H,21,25)(H,26,27)/p-1/b12-7+. The second-order valence-electron chi connectivity index (χ2n) is 5.84. The first-order chi connectivity index (χ1) is 13.5. The molecule has 0 unspecified atom stereocenters. The molecule has 1 heterocycles. The number of thioether (sulfide) groups is 1. The molecule has 142 valence electrons. The van der Waals surface area contributed by atoms with Crippen molar-refractivity contribution in [1.29, 1.82) is 0 Å². The van der Waals surface area contributed by atoms with Gasteiger partial charge in [0.25, 0.3) is 0 Å². The van der Waals surface area contributed by atoms with Crippen molar-refractivity contribution in [2.24, 2.45) is 7.05 Å². The fourth-order valence-electron chi connectivity index (χ4n) is 2.44. The van der Waals surface area contributed by atoms with E-state index in [9.17, 15) is 14.7 Å². The molecule has 0 atom stereocenters. The number of aromatic nitrogens is 3. The highest BCUT2D eigenvalue weighted by atomic mass is 32.2. The van der Waals surface area contributed by atoms with Gasteiger partial charge in [0, 0.05) is 30.1 Å². The maximum Gasteiger partial charge on any atom is 0.248 e. The lowest BCUT2D eigenvalue weighted by molar-refractivity contribution is -0.301. The lowest BCUT2D eigenvalue weighted by Crippen LogP contribution is -2.24. The van der Waals surface area contributed by atoms with Gasteiger partial charge in [0.2, 0.25) is 5.91 Å². The smallest absolute Gasteiger partial charge is 0.248 e. The molecule has 0 fully saturated rings. The molecule has 0 bridgehead atoms. The number of carboxylic acid groups (broad SMARTS) is 1. The molecule has 0 saturated carbocycles. The Bertz CT molecular complexity index is 998. The van der Waals surface area contributed by atoms with E-state index in [1.165, 1.54) is 6.08 Å². The van der Waals surface area contributed by atoms with Crippen LogP contribution in [0.15, 0.2) is 65.8 Å². The minimum Gasteiger partial charge on any atom is -0.549 e. The molecule has 28 heavy (non-hydrogen) atoms. The molecule has 0 aliphatic carbocycles. The van der Waals surface area contributed by atoms with Gasteiger partial charge in [-0.15, -0.1) is 10.2 Å². The number of hydrogen-bond acceptors (Lipinski definition) is 6. The number of nitrogens with one attached hydrogen (secondary N) is 1. The second kappa shape index (κ2) is 9.01. The number of carbonyl (C=O) groups excluding carboxylic acids is 2. The van der Waals surface area contributed by atoms with Gasteiger partial charge >= 0.3 is 0 Å². The number of hydrogen-bond donors (Lipinski definition) is 1. The zero-order chi connectivity index (χ0) is 19.9. The first-order valence-corrected chi connectivity index (χ1v) is 9.38. The van der Waals surface area contributed by atoms with Crippen LogP contribution in [0.25, 0.3) is 17.5 Å². The largest absolute Gasteiger partial charge is 0.549 e. The van der Waals surface area contributed by atoms with E-state index in [1.54, 1.807) is 29.8 Å². The molecule has 3 aromatic rings.